The van der Waals surface area contributed by atoms with E-state index >= 15 is 0 Å². The first kappa shape index (κ1) is 13.6. The molecular weight excluding hydrogens is 351 g/mol. The molecule has 0 radical (unpaired) electrons. The molecule has 0 aromatic heterocycles. The molecule has 0 atom stereocenters. The summed E-state index contributed by atoms with van der Waals surface area (Å²) in [5, 5.41) is 11.5. The molecule has 1 N–H and O–H groups in total. The molecule has 19 heavy (non-hydrogen) atoms. The minimum absolute atomic E-state index is 0.177. The lowest BCUT2D eigenvalue weighted by molar-refractivity contribution is 0.102. The number of benzene rings is 2. The van der Waals surface area contributed by atoms with Gasteiger partial charge in [0, 0.05) is 14.8 Å². The topological polar surface area (TPSA) is 52.9 Å². The zero-order valence-electron chi connectivity index (χ0n) is 10.3. The fraction of sp³-hybridized carbons (Fsp3) is 0.0667. The first-order valence-corrected chi connectivity index (χ1v) is 6.75. The Morgan fingerprint density at radius 2 is 1.89 bits per heavy atom. The van der Waals surface area contributed by atoms with Crippen LogP contribution in [0, 0.1) is 21.8 Å². The van der Waals surface area contributed by atoms with Gasteiger partial charge >= 0.3 is 0 Å². The van der Waals surface area contributed by atoms with Crippen molar-refractivity contribution in [3.05, 3.63) is 62.7 Å². The number of amides is 1. The zero-order chi connectivity index (χ0) is 13.8. The molecule has 0 saturated heterocycles. The smallest absolute Gasteiger partial charge is 0.255 e. The molecular formula is C15H11IN2O. The number of carbonyl (C=O) groups excluding carboxylic acids is 1. The normalized spacial score (nSPS) is 9.74. The molecule has 94 valence electrons. The zero-order valence-corrected chi connectivity index (χ0v) is 12.4. The number of carbonyl (C=O) groups is 1. The van der Waals surface area contributed by atoms with Gasteiger partial charge in [0.1, 0.15) is 0 Å². The Hall–Kier alpha value is -1.87. The fourth-order valence-corrected chi connectivity index (χ4v) is 2.09. The average molecular weight is 362 g/mol. The molecule has 0 heterocycles. The standard InChI is InChI=1S/C15H11IN2O/c1-10-2-7-13(8-14(10)16)18-15(19)12-5-3-11(9-17)4-6-12/h2-8H,1H3,(H,18,19). The maximum Gasteiger partial charge on any atom is 0.255 e. The van der Waals surface area contributed by atoms with Crippen LogP contribution in [0.5, 0.6) is 0 Å². The third-order valence-corrected chi connectivity index (χ3v) is 3.87. The molecule has 1 amide bonds. The van der Waals surface area contributed by atoms with Crippen LogP contribution >= 0.6 is 22.6 Å². The van der Waals surface area contributed by atoms with Gasteiger partial charge in [-0.25, -0.2) is 0 Å². The number of nitriles is 1. The van der Waals surface area contributed by atoms with Gasteiger partial charge in [-0.05, 0) is 71.5 Å². The predicted octanol–water partition coefficient (Wildman–Crippen LogP) is 3.72. The highest BCUT2D eigenvalue weighted by Gasteiger charge is 2.06. The van der Waals surface area contributed by atoms with Crippen molar-refractivity contribution in [3.63, 3.8) is 0 Å². The number of anilines is 1. The quantitative estimate of drug-likeness (QED) is 0.828. The SMILES string of the molecule is Cc1ccc(NC(=O)c2ccc(C#N)cc2)cc1I. The van der Waals surface area contributed by atoms with Crippen molar-refractivity contribution >= 4 is 34.2 Å². The second-order valence-corrected chi connectivity index (χ2v) is 5.27. The van der Waals surface area contributed by atoms with Crippen LogP contribution in [-0.4, -0.2) is 5.91 Å². The summed E-state index contributed by atoms with van der Waals surface area (Å²) in [7, 11) is 0. The van der Waals surface area contributed by atoms with Crippen LogP contribution < -0.4 is 5.32 Å². The second-order valence-electron chi connectivity index (χ2n) is 4.11. The molecule has 2 aromatic rings. The van der Waals surface area contributed by atoms with Crippen molar-refractivity contribution in [2.45, 2.75) is 6.92 Å². The summed E-state index contributed by atoms with van der Waals surface area (Å²) in [5.74, 6) is -0.177. The number of rotatable bonds is 2. The van der Waals surface area contributed by atoms with Crippen LogP contribution in [0.3, 0.4) is 0 Å². The van der Waals surface area contributed by atoms with Crippen LogP contribution in [0.2, 0.25) is 0 Å². The molecule has 0 saturated carbocycles. The van der Waals surface area contributed by atoms with Gasteiger partial charge in [0.2, 0.25) is 0 Å². The van der Waals surface area contributed by atoms with Crippen LogP contribution in [-0.2, 0) is 0 Å². The first-order chi connectivity index (χ1) is 9.10. The highest BCUT2D eigenvalue weighted by atomic mass is 127. The monoisotopic (exact) mass is 362 g/mol. The number of nitrogens with zero attached hydrogens (tertiary/aromatic N) is 1. The average Bonchev–Trinajstić information content (AvgIpc) is 2.43. The van der Waals surface area contributed by atoms with E-state index < -0.39 is 0 Å². The Bertz CT molecular complexity index is 657. The van der Waals surface area contributed by atoms with E-state index in [1.54, 1.807) is 24.3 Å². The van der Waals surface area contributed by atoms with Crippen LogP contribution in [0.15, 0.2) is 42.5 Å². The minimum atomic E-state index is -0.177. The van der Waals surface area contributed by atoms with Gasteiger partial charge in [0.15, 0.2) is 0 Å². The van der Waals surface area contributed by atoms with Crippen molar-refractivity contribution < 1.29 is 4.79 Å². The summed E-state index contributed by atoms with van der Waals surface area (Å²) in [6, 6.07) is 14.4. The van der Waals surface area contributed by atoms with Gasteiger partial charge in [-0.3, -0.25) is 4.79 Å². The van der Waals surface area contributed by atoms with E-state index in [4.69, 9.17) is 5.26 Å². The van der Waals surface area contributed by atoms with Crippen molar-refractivity contribution in [3.8, 4) is 6.07 Å². The van der Waals surface area contributed by atoms with Gasteiger partial charge in [-0.15, -0.1) is 0 Å². The Morgan fingerprint density at radius 1 is 1.21 bits per heavy atom. The first-order valence-electron chi connectivity index (χ1n) is 5.68. The third kappa shape index (κ3) is 3.32. The lowest BCUT2D eigenvalue weighted by Crippen LogP contribution is -2.11. The highest BCUT2D eigenvalue weighted by molar-refractivity contribution is 14.1. The molecule has 0 spiro atoms. The summed E-state index contributed by atoms with van der Waals surface area (Å²) >= 11 is 2.23. The molecule has 0 aliphatic rings. The molecule has 3 nitrogen and oxygen atoms in total. The van der Waals surface area contributed by atoms with Crippen molar-refractivity contribution in [1.29, 1.82) is 5.26 Å². The molecule has 0 aliphatic heterocycles. The Kier molecular flexibility index (Phi) is 4.17. The van der Waals surface area contributed by atoms with Crippen molar-refractivity contribution in [2.24, 2.45) is 0 Å². The molecule has 0 unspecified atom stereocenters. The molecule has 2 rings (SSSR count). The Labute approximate surface area is 125 Å². The maximum atomic E-state index is 12.0. The summed E-state index contributed by atoms with van der Waals surface area (Å²) in [5.41, 5.74) is 3.03. The second kappa shape index (κ2) is 5.85. The molecule has 0 aliphatic carbocycles. The molecule has 2 aromatic carbocycles. The van der Waals surface area contributed by atoms with Gasteiger partial charge < -0.3 is 5.32 Å². The van der Waals surface area contributed by atoms with Gasteiger partial charge in [0.25, 0.3) is 5.91 Å². The van der Waals surface area contributed by atoms with E-state index in [2.05, 4.69) is 27.9 Å². The van der Waals surface area contributed by atoms with Gasteiger partial charge in [0.05, 0.1) is 11.6 Å². The molecule has 0 bridgehead atoms. The number of aryl methyl sites for hydroxylation is 1. The van der Waals surface area contributed by atoms with Crippen molar-refractivity contribution in [2.75, 3.05) is 5.32 Å². The third-order valence-electron chi connectivity index (χ3n) is 2.71. The summed E-state index contributed by atoms with van der Waals surface area (Å²) < 4.78 is 1.11. The summed E-state index contributed by atoms with van der Waals surface area (Å²) in [6.45, 7) is 2.02. The summed E-state index contributed by atoms with van der Waals surface area (Å²) in [6.07, 6.45) is 0. The fourth-order valence-electron chi connectivity index (χ4n) is 1.57. The number of hydrogen-bond acceptors (Lipinski definition) is 2. The van der Waals surface area contributed by atoms with E-state index in [1.165, 1.54) is 5.56 Å². The largest absolute Gasteiger partial charge is 0.322 e. The highest BCUT2D eigenvalue weighted by Crippen LogP contribution is 2.17. The van der Waals surface area contributed by atoms with E-state index in [9.17, 15) is 4.79 Å². The number of hydrogen-bond donors (Lipinski definition) is 1. The van der Waals surface area contributed by atoms with Crippen LogP contribution in [0.1, 0.15) is 21.5 Å². The number of nitrogens with one attached hydrogen (secondary N) is 1. The lowest BCUT2D eigenvalue weighted by atomic mass is 10.1. The van der Waals surface area contributed by atoms with Gasteiger partial charge in [-0.2, -0.15) is 5.26 Å². The Morgan fingerprint density at radius 3 is 2.47 bits per heavy atom. The van der Waals surface area contributed by atoms with Crippen molar-refractivity contribution in [1.82, 2.24) is 0 Å². The predicted molar refractivity (Wildman–Crippen MR) is 83.0 cm³/mol. The minimum Gasteiger partial charge on any atom is -0.322 e. The van der Waals surface area contributed by atoms with E-state index in [0.717, 1.165) is 9.26 Å². The molecule has 0 fully saturated rings. The van der Waals surface area contributed by atoms with E-state index in [1.807, 2.05) is 31.2 Å². The van der Waals surface area contributed by atoms with E-state index in [-0.39, 0.29) is 5.91 Å². The molecule has 4 heteroatoms. The summed E-state index contributed by atoms with van der Waals surface area (Å²) in [4.78, 5) is 12.0. The maximum absolute atomic E-state index is 12.0. The van der Waals surface area contributed by atoms with Gasteiger partial charge in [-0.1, -0.05) is 6.07 Å². The van der Waals surface area contributed by atoms with Crippen LogP contribution in [0.4, 0.5) is 5.69 Å². The van der Waals surface area contributed by atoms with Crippen LogP contribution in [0.25, 0.3) is 0 Å². The van der Waals surface area contributed by atoms with E-state index in [0.29, 0.717) is 11.1 Å². The Balaban J connectivity index is 2.16. The lowest BCUT2D eigenvalue weighted by Gasteiger charge is -2.07. The number of halogens is 1.